The lowest BCUT2D eigenvalue weighted by Gasteiger charge is -2.03. The van der Waals surface area contributed by atoms with E-state index in [1.54, 1.807) is 0 Å². The molecule has 0 saturated heterocycles. The third-order valence-electron chi connectivity index (χ3n) is 3.65. The van der Waals surface area contributed by atoms with E-state index in [1.165, 1.54) is 5.39 Å². The number of hydrogen-bond donors (Lipinski definition) is 1. The molecule has 0 amide bonds. The van der Waals surface area contributed by atoms with Crippen molar-refractivity contribution in [3.05, 3.63) is 78.6 Å². The van der Waals surface area contributed by atoms with Crippen molar-refractivity contribution in [2.45, 2.75) is 0 Å². The number of nitrogens with zero attached hydrogens (tertiary/aromatic N) is 1. The molecular weight excluding hydrogens is 260 g/mol. The molecule has 0 saturated carbocycles. The van der Waals surface area contributed by atoms with Gasteiger partial charge in [0, 0.05) is 23.6 Å². The predicted molar refractivity (Wildman–Crippen MR) is 81.1 cm³/mol. The summed E-state index contributed by atoms with van der Waals surface area (Å²) in [6.45, 7) is 0. The predicted octanol–water partition coefficient (Wildman–Crippen LogP) is 3.34. The molecule has 0 fully saturated rings. The van der Waals surface area contributed by atoms with Gasteiger partial charge in [-0.2, -0.15) is 4.57 Å². The Morgan fingerprint density at radius 3 is 2.48 bits per heavy atom. The highest BCUT2D eigenvalue weighted by Crippen LogP contribution is 2.24. The molecule has 1 N–H and O–H groups in total. The molecule has 4 aromatic rings. The average Bonchev–Trinajstić information content (AvgIpc) is 2.55. The van der Waals surface area contributed by atoms with Crippen LogP contribution in [0.5, 0.6) is 0 Å². The van der Waals surface area contributed by atoms with Crippen LogP contribution in [-0.2, 0) is 0 Å². The van der Waals surface area contributed by atoms with Gasteiger partial charge in [-0.3, -0.25) is 5.41 Å². The Bertz CT molecular complexity index is 1000. The first-order chi connectivity index (χ1) is 10.3. The molecule has 2 aromatic carbocycles. The maximum absolute atomic E-state index is 8.11. The normalized spacial score (nSPS) is 11.0. The largest absolute Gasteiger partial charge is 0.434 e. The van der Waals surface area contributed by atoms with Crippen LogP contribution >= 0.6 is 0 Å². The summed E-state index contributed by atoms with van der Waals surface area (Å²) in [5.74, 6) is 0. The lowest BCUT2D eigenvalue weighted by Crippen LogP contribution is -2.35. The summed E-state index contributed by atoms with van der Waals surface area (Å²) in [6, 6.07) is 20.0. The lowest BCUT2D eigenvalue weighted by atomic mass is 10.1. The Morgan fingerprint density at radius 2 is 1.62 bits per heavy atom. The van der Waals surface area contributed by atoms with E-state index in [2.05, 4.69) is 12.1 Å². The van der Waals surface area contributed by atoms with Crippen LogP contribution in [0.3, 0.4) is 0 Å². The van der Waals surface area contributed by atoms with E-state index < -0.39 is 0 Å². The molecule has 2 heterocycles. The quantitative estimate of drug-likeness (QED) is 0.419. The van der Waals surface area contributed by atoms with Crippen molar-refractivity contribution >= 4 is 21.7 Å². The molecule has 0 unspecified atom stereocenters. The number of hydrogen-bond acceptors (Lipinski definition) is 2. The van der Waals surface area contributed by atoms with Crippen molar-refractivity contribution in [2.75, 3.05) is 0 Å². The van der Waals surface area contributed by atoms with Gasteiger partial charge in [0.1, 0.15) is 5.58 Å². The molecule has 0 bridgehead atoms. The van der Waals surface area contributed by atoms with Crippen molar-refractivity contribution in [3.63, 3.8) is 0 Å². The number of aromatic nitrogens is 1. The van der Waals surface area contributed by atoms with Gasteiger partial charge in [-0.1, -0.05) is 36.4 Å². The van der Waals surface area contributed by atoms with E-state index in [9.17, 15) is 0 Å². The topological polar surface area (TPSA) is 40.9 Å². The highest BCUT2D eigenvalue weighted by Gasteiger charge is 2.13. The monoisotopic (exact) mass is 273 g/mol. The SMILES string of the molecule is N=c1oc2ccc3ccccc3c2cc1-[n+]1ccccc1. The van der Waals surface area contributed by atoms with Gasteiger partial charge >= 0.3 is 0 Å². The van der Waals surface area contributed by atoms with Gasteiger partial charge in [-0.25, -0.2) is 0 Å². The summed E-state index contributed by atoms with van der Waals surface area (Å²) in [5, 5.41) is 11.4. The Hall–Kier alpha value is -2.94. The fourth-order valence-corrected chi connectivity index (χ4v) is 2.63. The van der Waals surface area contributed by atoms with Crippen LogP contribution in [0, 0.1) is 5.41 Å². The van der Waals surface area contributed by atoms with E-state index in [1.807, 2.05) is 65.5 Å². The minimum absolute atomic E-state index is 0.161. The molecule has 0 atom stereocenters. The molecular formula is C18H13N2O+. The molecule has 0 radical (unpaired) electrons. The Kier molecular flexibility index (Phi) is 2.57. The van der Waals surface area contributed by atoms with E-state index in [4.69, 9.17) is 9.83 Å². The number of pyridine rings is 1. The molecule has 3 nitrogen and oxygen atoms in total. The van der Waals surface area contributed by atoms with Crippen LogP contribution in [0.25, 0.3) is 27.4 Å². The Labute approximate surface area is 121 Å². The molecule has 2 aromatic heterocycles. The van der Waals surface area contributed by atoms with Gasteiger partial charge in [0.25, 0.3) is 11.2 Å². The summed E-state index contributed by atoms with van der Waals surface area (Å²) in [4.78, 5) is 0. The molecule has 21 heavy (non-hydrogen) atoms. The second kappa shape index (κ2) is 4.56. The molecule has 4 rings (SSSR count). The zero-order valence-corrected chi connectivity index (χ0v) is 11.3. The lowest BCUT2D eigenvalue weighted by molar-refractivity contribution is -0.597. The average molecular weight is 273 g/mol. The van der Waals surface area contributed by atoms with Crippen LogP contribution in [0.1, 0.15) is 0 Å². The first-order valence-corrected chi connectivity index (χ1v) is 6.80. The van der Waals surface area contributed by atoms with E-state index >= 15 is 0 Å². The first-order valence-electron chi connectivity index (χ1n) is 6.80. The molecule has 0 aliphatic rings. The van der Waals surface area contributed by atoms with Crippen molar-refractivity contribution in [3.8, 4) is 5.69 Å². The number of benzene rings is 2. The summed E-state index contributed by atoms with van der Waals surface area (Å²) in [5.41, 5.74) is 1.63. The Morgan fingerprint density at radius 1 is 0.810 bits per heavy atom. The second-order valence-corrected chi connectivity index (χ2v) is 4.94. The van der Waals surface area contributed by atoms with Crippen LogP contribution in [0.4, 0.5) is 0 Å². The van der Waals surface area contributed by atoms with Crippen LogP contribution in [0.15, 0.2) is 77.5 Å². The third kappa shape index (κ3) is 1.91. The fourth-order valence-electron chi connectivity index (χ4n) is 2.63. The second-order valence-electron chi connectivity index (χ2n) is 4.94. The molecule has 3 heteroatoms. The van der Waals surface area contributed by atoms with Crippen LogP contribution in [-0.4, -0.2) is 0 Å². The smallest absolute Gasteiger partial charge is 0.286 e. The molecule has 100 valence electrons. The van der Waals surface area contributed by atoms with Crippen molar-refractivity contribution in [1.82, 2.24) is 0 Å². The van der Waals surface area contributed by atoms with Crippen molar-refractivity contribution in [2.24, 2.45) is 0 Å². The van der Waals surface area contributed by atoms with Gasteiger partial charge in [-0.05, 0) is 16.8 Å². The fraction of sp³-hybridized carbons (Fsp3) is 0. The van der Waals surface area contributed by atoms with Gasteiger partial charge in [-0.15, -0.1) is 0 Å². The van der Waals surface area contributed by atoms with Gasteiger partial charge in [0.15, 0.2) is 12.4 Å². The zero-order valence-electron chi connectivity index (χ0n) is 11.3. The van der Waals surface area contributed by atoms with E-state index in [-0.39, 0.29) is 5.55 Å². The summed E-state index contributed by atoms with van der Waals surface area (Å²) in [7, 11) is 0. The summed E-state index contributed by atoms with van der Waals surface area (Å²) >= 11 is 0. The summed E-state index contributed by atoms with van der Waals surface area (Å²) < 4.78 is 7.60. The van der Waals surface area contributed by atoms with E-state index in [0.29, 0.717) is 0 Å². The third-order valence-corrected chi connectivity index (χ3v) is 3.65. The van der Waals surface area contributed by atoms with Gasteiger partial charge < -0.3 is 4.42 Å². The van der Waals surface area contributed by atoms with E-state index in [0.717, 1.165) is 22.0 Å². The highest BCUT2D eigenvalue weighted by molar-refractivity contribution is 6.05. The molecule has 0 aliphatic carbocycles. The number of fused-ring (bicyclic) bond motifs is 3. The number of rotatable bonds is 1. The zero-order chi connectivity index (χ0) is 14.2. The highest BCUT2D eigenvalue weighted by atomic mass is 16.3. The molecule has 0 aliphatic heterocycles. The van der Waals surface area contributed by atoms with Gasteiger partial charge in [0.05, 0.1) is 0 Å². The maximum Gasteiger partial charge on any atom is 0.286 e. The van der Waals surface area contributed by atoms with Gasteiger partial charge in [0.2, 0.25) is 0 Å². The van der Waals surface area contributed by atoms with Crippen LogP contribution < -0.4 is 10.1 Å². The first kappa shape index (κ1) is 11.9. The van der Waals surface area contributed by atoms with Crippen molar-refractivity contribution < 1.29 is 8.98 Å². The van der Waals surface area contributed by atoms with Crippen LogP contribution in [0.2, 0.25) is 0 Å². The molecule has 0 spiro atoms. The summed E-state index contributed by atoms with van der Waals surface area (Å²) in [6.07, 6.45) is 3.83. The maximum atomic E-state index is 8.11. The van der Waals surface area contributed by atoms with Crippen molar-refractivity contribution in [1.29, 1.82) is 5.41 Å². The minimum Gasteiger partial charge on any atom is -0.434 e. The minimum atomic E-state index is 0.161. The number of nitrogens with one attached hydrogen (secondary N) is 1. The standard InChI is InChI=1S/C18H13N2O/c19-18-16(20-10-4-1-5-11-20)12-15-14-7-3-2-6-13(14)8-9-17(15)21-18/h1-12,19H/q+1. The Balaban J connectivity index is 2.12.